The van der Waals surface area contributed by atoms with Crippen LogP contribution >= 0.6 is 0 Å². The molecule has 16 heavy (non-hydrogen) atoms. The van der Waals surface area contributed by atoms with Gasteiger partial charge in [-0.25, -0.2) is 4.39 Å². The Morgan fingerprint density at radius 3 is 2.44 bits per heavy atom. The van der Waals surface area contributed by atoms with E-state index in [0.29, 0.717) is 6.07 Å². The van der Waals surface area contributed by atoms with Crippen LogP contribution < -0.4 is 0 Å². The van der Waals surface area contributed by atoms with E-state index in [-0.39, 0.29) is 18.3 Å². The van der Waals surface area contributed by atoms with E-state index in [1.807, 2.05) is 0 Å². The first kappa shape index (κ1) is 12.2. The van der Waals surface area contributed by atoms with Crippen LogP contribution in [0.4, 0.5) is 17.6 Å². The summed E-state index contributed by atoms with van der Waals surface area (Å²) >= 11 is 0. The Hall–Kier alpha value is -1.90. The zero-order valence-corrected chi connectivity index (χ0v) is 7.81. The van der Waals surface area contributed by atoms with Crippen molar-refractivity contribution >= 4 is 6.29 Å². The Morgan fingerprint density at radius 1 is 1.38 bits per heavy atom. The summed E-state index contributed by atoms with van der Waals surface area (Å²) in [4.78, 5) is 10.5. The highest BCUT2D eigenvalue weighted by Crippen LogP contribution is 2.34. The molecule has 0 unspecified atom stereocenters. The molecule has 0 radical (unpaired) electrons. The van der Waals surface area contributed by atoms with Gasteiger partial charge in [0.15, 0.2) is 6.29 Å². The normalized spacial score (nSPS) is 10.9. The number of aldehydes is 1. The molecule has 0 fully saturated rings. The van der Waals surface area contributed by atoms with E-state index in [0.717, 1.165) is 6.07 Å². The van der Waals surface area contributed by atoms with Crippen LogP contribution in [-0.2, 0) is 12.6 Å². The predicted octanol–water partition coefficient (Wildman–Crippen LogP) is 2.72. The fourth-order valence-corrected chi connectivity index (χ4v) is 1.30. The number of benzene rings is 1. The topological polar surface area (TPSA) is 40.9 Å². The molecule has 1 aromatic rings. The fourth-order valence-electron chi connectivity index (χ4n) is 1.30. The van der Waals surface area contributed by atoms with Crippen molar-refractivity contribution in [2.45, 2.75) is 12.6 Å². The molecule has 6 heteroatoms. The first-order chi connectivity index (χ1) is 7.41. The largest absolute Gasteiger partial charge is 0.419 e. The lowest BCUT2D eigenvalue weighted by molar-refractivity contribution is -0.140. The first-order valence-corrected chi connectivity index (χ1v) is 4.12. The van der Waals surface area contributed by atoms with Gasteiger partial charge in [-0.15, -0.1) is 0 Å². The van der Waals surface area contributed by atoms with Crippen LogP contribution in [0.3, 0.4) is 0 Å². The number of carbonyl (C=O) groups is 1. The van der Waals surface area contributed by atoms with E-state index in [4.69, 9.17) is 5.26 Å². The molecule has 0 spiro atoms. The van der Waals surface area contributed by atoms with Crippen molar-refractivity contribution in [1.82, 2.24) is 0 Å². The fraction of sp³-hybridized carbons (Fsp3) is 0.200. The minimum atomic E-state index is -4.95. The molecule has 0 saturated heterocycles. The van der Waals surface area contributed by atoms with E-state index in [1.165, 1.54) is 0 Å². The molecule has 0 N–H and O–H groups in total. The van der Waals surface area contributed by atoms with Gasteiger partial charge in [0.1, 0.15) is 11.4 Å². The summed E-state index contributed by atoms with van der Waals surface area (Å²) in [7, 11) is 0. The van der Waals surface area contributed by atoms with Crippen molar-refractivity contribution in [3.63, 3.8) is 0 Å². The zero-order chi connectivity index (χ0) is 12.3. The van der Waals surface area contributed by atoms with Gasteiger partial charge in [-0.1, -0.05) is 6.07 Å². The van der Waals surface area contributed by atoms with Gasteiger partial charge in [0.2, 0.25) is 0 Å². The SMILES string of the molecule is N#CCc1ccc(F)c(C(F)(F)F)c1C=O. The Labute approximate surface area is 88.1 Å². The molecule has 0 bridgehead atoms. The number of nitrogens with zero attached hydrogens (tertiary/aromatic N) is 1. The third kappa shape index (κ3) is 2.19. The van der Waals surface area contributed by atoms with Crippen molar-refractivity contribution in [3.8, 4) is 6.07 Å². The standard InChI is InChI=1S/C10H5F4NO/c11-8-2-1-6(3-4-15)7(5-16)9(8)10(12,13)14/h1-2,5H,3H2. The Morgan fingerprint density at radius 2 is 2.00 bits per heavy atom. The Balaban J connectivity index is 3.52. The third-order valence-electron chi connectivity index (χ3n) is 1.96. The maximum atomic E-state index is 13.0. The van der Waals surface area contributed by atoms with Gasteiger partial charge in [-0.05, 0) is 11.6 Å². The van der Waals surface area contributed by atoms with E-state index in [9.17, 15) is 22.4 Å². The van der Waals surface area contributed by atoms with E-state index >= 15 is 0 Å². The van der Waals surface area contributed by atoms with Gasteiger partial charge in [0, 0.05) is 5.56 Å². The van der Waals surface area contributed by atoms with E-state index in [1.54, 1.807) is 6.07 Å². The maximum Gasteiger partial charge on any atom is 0.419 e. The average Bonchev–Trinajstić information content (AvgIpc) is 2.18. The Kier molecular flexibility index (Phi) is 3.28. The molecule has 0 atom stereocenters. The Bertz CT molecular complexity index is 459. The lowest BCUT2D eigenvalue weighted by atomic mass is 9.99. The molecule has 0 heterocycles. The number of hydrogen-bond acceptors (Lipinski definition) is 2. The molecule has 0 aliphatic heterocycles. The molecule has 0 aliphatic rings. The van der Waals surface area contributed by atoms with Crippen LogP contribution in [0.15, 0.2) is 12.1 Å². The number of rotatable bonds is 2. The number of carbonyl (C=O) groups excluding carboxylic acids is 1. The van der Waals surface area contributed by atoms with Crippen LogP contribution in [0.5, 0.6) is 0 Å². The van der Waals surface area contributed by atoms with Gasteiger partial charge in [-0.3, -0.25) is 4.79 Å². The summed E-state index contributed by atoms with van der Waals surface area (Å²) in [5, 5.41) is 8.36. The number of alkyl halides is 3. The second-order valence-electron chi connectivity index (χ2n) is 2.95. The van der Waals surface area contributed by atoms with E-state index in [2.05, 4.69) is 0 Å². The molecule has 84 valence electrons. The predicted molar refractivity (Wildman–Crippen MR) is 46.1 cm³/mol. The average molecular weight is 231 g/mol. The molecule has 1 aromatic carbocycles. The number of halogens is 4. The van der Waals surface area contributed by atoms with Crippen LogP contribution in [-0.4, -0.2) is 6.29 Å². The molecular weight excluding hydrogens is 226 g/mol. The molecule has 0 saturated carbocycles. The van der Waals surface area contributed by atoms with Crippen molar-refractivity contribution in [3.05, 3.63) is 34.6 Å². The first-order valence-electron chi connectivity index (χ1n) is 4.12. The summed E-state index contributed by atoms with van der Waals surface area (Å²) < 4.78 is 50.3. The highest BCUT2D eigenvalue weighted by Gasteiger charge is 2.37. The molecule has 0 aliphatic carbocycles. The highest BCUT2D eigenvalue weighted by atomic mass is 19.4. The number of nitriles is 1. The van der Waals surface area contributed by atoms with Gasteiger partial charge < -0.3 is 0 Å². The van der Waals surface area contributed by atoms with Gasteiger partial charge in [0.05, 0.1) is 12.5 Å². The molecule has 0 aromatic heterocycles. The summed E-state index contributed by atoms with van der Waals surface area (Å²) in [6.45, 7) is 0. The minimum Gasteiger partial charge on any atom is -0.298 e. The monoisotopic (exact) mass is 231 g/mol. The lowest BCUT2D eigenvalue weighted by Crippen LogP contribution is -2.14. The van der Waals surface area contributed by atoms with Crippen molar-refractivity contribution < 1.29 is 22.4 Å². The second kappa shape index (κ2) is 4.31. The van der Waals surface area contributed by atoms with Crippen molar-refractivity contribution in [2.75, 3.05) is 0 Å². The summed E-state index contributed by atoms with van der Waals surface area (Å²) in [5.41, 5.74) is -2.56. The van der Waals surface area contributed by atoms with Crippen molar-refractivity contribution in [1.29, 1.82) is 5.26 Å². The molecule has 1 rings (SSSR count). The van der Waals surface area contributed by atoms with Crippen LogP contribution in [0, 0.1) is 17.1 Å². The van der Waals surface area contributed by atoms with Gasteiger partial charge >= 0.3 is 6.18 Å². The summed E-state index contributed by atoms with van der Waals surface area (Å²) in [6.07, 6.45) is -5.41. The summed E-state index contributed by atoms with van der Waals surface area (Å²) in [5.74, 6) is -1.52. The maximum absolute atomic E-state index is 13.0. The van der Waals surface area contributed by atoms with Crippen LogP contribution in [0.1, 0.15) is 21.5 Å². The zero-order valence-electron chi connectivity index (χ0n) is 7.81. The van der Waals surface area contributed by atoms with Crippen LogP contribution in [0.2, 0.25) is 0 Å². The third-order valence-corrected chi connectivity index (χ3v) is 1.96. The minimum absolute atomic E-state index is 0.0847. The highest BCUT2D eigenvalue weighted by molar-refractivity contribution is 5.80. The second-order valence-corrected chi connectivity index (χ2v) is 2.95. The number of hydrogen-bond donors (Lipinski definition) is 0. The molecule has 0 amide bonds. The van der Waals surface area contributed by atoms with Crippen molar-refractivity contribution in [2.24, 2.45) is 0 Å². The smallest absolute Gasteiger partial charge is 0.298 e. The van der Waals surface area contributed by atoms with Crippen LogP contribution in [0.25, 0.3) is 0 Å². The van der Waals surface area contributed by atoms with E-state index < -0.39 is 23.1 Å². The quantitative estimate of drug-likeness (QED) is 0.580. The molecular formula is C10H5F4NO. The van der Waals surface area contributed by atoms with Gasteiger partial charge in [0.25, 0.3) is 0 Å². The lowest BCUT2D eigenvalue weighted by Gasteiger charge is -2.12. The summed E-state index contributed by atoms with van der Waals surface area (Å²) in [6, 6.07) is 3.21. The molecule has 2 nitrogen and oxygen atoms in total. The van der Waals surface area contributed by atoms with Gasteiger partial charge in [-0.2, -0.15) is 18.4 Å².